The SMILES string of the molecule is CN1Cc2ccccc2N(C)C1=S. The first-order valence-corrected chi connectivity index (χ1v) is 4.67. The van der Waals surface area contributed by atoms with Gasteiger partial charge in [-0.05, 0) is 23.8 Å². The van der Waals surface area contributed by atoms with Crippen LogP contribution in [0.15, 0.2) is 24.3 Å². The molecule has 68 valence electrons. The molecule has 0 spiro atoms. The summed E-state index contributed by atoms with van der Waals surface area (Å²) < 4.78 is 0. The fourth-order valence-electron chi connectivity index (χ4n) is 1.65. The van der Waals surface area contributed by atoms with E-state index in [1.54, 1.807) is 0 Å². The lowest BCUT2D eigenvalue weighted by Crippen LogP contribution is -2.42. The van der Waals surface area contributed by atoms with Crippen molar-refractivity contribution in [2.75, 3.05) is 19.0 Å². The van der Waals surface area contributed by atoms with Gasteiger partial charge in [-0.1, -0.05) is 18.2 Å². The van der Waals surface area contributed by atoms with Gasteiger partial charge in [0.1, 0.15) is 0 Å². The Morgan fingerprint density at radius 3 is 2.69 bits per heavy atom. The van der Waals surface area contributed by atoms with E-state index in [0.717, 1.165) is 11.7 Å². The molecular formula is C10H12N2S. The summed E-state index contributed by atoms with van der Waals surface area (Å²) in [5, 5.41) is 0.888. The largest absolute Gasteiger partial charge is 0.348 e. The summed E-state index contributed by atoms with van der Waals surface area (Å²) in [4.78, 5) is 4.13. The molecule has 0 aliphatic carbocycles. The van der Waals surface area contributed by atoms with Gasteiger partial charge in [0.2, 0.25) is 0 Å². The van der Waals surface area contributed by atoms with Crippen LogP contribution >= 0.6 is 12.2 Å². The zero-order valence-electron chi connectivity index (χ0n) is 7.82. The molecule has 3 heteroatoms. The molecule has 2 rings (SSSR count). The predicted molar refractivity (Wildman–Crippen MR) is 58.9 cm³/mol. The molecule has 1 aromatic rings. The number of rotatable bonds is 0. The summed E-state index contributed by atoms with van der Waals surface area (Å²) in [6.07, 6.45) is 0. The molecule has 0 atom stereocenters. The molecular weight excluding hydrogens is 180 g/mol. The van der Waals surface area contributed by atoms with Crippen molar-refractivity contribution in [3.8, 4) is 0 Å². The fourth-order valence-corrected chi connectivity index (χ4v) is 1.82. The summed E-state index contributed by atoms with van der Waals surface area (Å²) in [5.41, 5.74) is 2.56. The normalized spacial score (nSPS) is 16.0. The van der Waals surface area contributed by atoms with Crippen LogP contribution in [0.5, 0.6) is 0 Å². The van der Waals surface area contributed by atoms with Crippen LogP contribution in [0.3, 0.4) is 0 Å². The zero-order valence-corrected chi connectivity index (χ0v) is 8.64. The Morgan fingerprint density at radius 2 is 1.92 bits per heavy atom. The van der Waals surface area contributed by atoms with Gasteiger partial charge in [0.25, 0.3) is 0 Å². The second-order valence-electron chi connectivity index (χ2n) is 3.33. The van der Waals surface area contributed by atoms with Gasteiger partial charge < -0.3 is 9.80 Å². The van der Waals surface area contributed by atoms with E-state index in [1.165, 1.54) is 11.3 Å². The van der Waals surface area contributed by atoms with Crippen molar-refractivity contribution in [2.45, 2.75) is 6.54 Å². The van der Waals surface area contributed by atoms with Gasteiger partial charge in [0, 0.05) is 26.3 Å². The molecule has 0 bridgehead atoms. The molecule has 0 N–H and O–H groups in total. The molecule has 1 aliphatic rings. The Hall–Kier alpha value is -1.09. The third-order valence-electron chi connectivity index (χ3n) is 2.37. The number of fused-ring (bicyclic) bond motifs is 1. The van der Waals surface area contributed by atoms with Crippen LogP contribution in [0.25, 0.3) is 0 Å². The van der Waals surface area contributed by atoms with Crippen LogP contribution in [-0.4, -0.2) is 24.1 Å². The molecule has 0 amide bonds. The van der Waals surface area contributed by atoms with E-state index < -0.39 is 0 Å². The number of thiocarbonyl (C=S) groups is 1. The summed E-state index contributed by atoms with van der Waals surface area (Å²) >= 11 is 5.28. The maximum atomic E-state index is 5.28. The highest BCUT2D eigenvalue weighted by atomic mass is 32.1. The second-order valence-corrected chi connectivity index (χ2v) is 3.69. The molecule has 0 aromatic heterocycles. The standard InChI is InChI=1S/C10H12N2S/c1-11-7-8-5-3-4-6-9(8)12(2)10(11)13/h3-6H,7H2,1-2H3. The molecule has 1 heterocycles. The van der Waals surface area contributed by atoms with E-state index in [9.17, 15) is 0 Å². The molecule has 0 unspecified atom stereocenters. The summed E-state index contributed by atoms with van der Waals surface area (Å²) in [7, 11) is 4.03. The lowest BCUT2D eigenvalue weighted by molar-refractivity contribution is 0.490. The van der Waals surface area contributed by atoms with Crippen LogP contribution in [0.2, 0.25) is 0 Å². The van der Waals surface area contributed by atoms with Crippen LogP contribution in [0.4, 0.5) is 5.69 Å². The number of nitrogens with zero attached hydrogens (tertiary/aromatic N) is 2. The van der Waals surface area contributed by atoms with E-state index in [0.29, 0.717) is 0 Å². The first kappa shape index (κ1) is 8.51. The fraction of sp³-hybridized carbons (Fsp3) is 0.300. The van der Waals surface area contributed by atoms with Gasteiger partial charge in [0.15, 0.2) is 5.11 Å². The van der Waals surface area contributed by atoms with Crippen LogP contribution in [0, 0.1) is 0 Å². The Labute approximate surface area is 83.8 Å². The Balaban J connectivity index is 2.49. The number of para-hydroxylation sites is 1. The van der Waals surface area contributed by atoms with E-state index in [1.807, 2.05) is 25.1 Å². The number of hydrogen-bond acceptors (Lipinski definition) is 1. The van der Waals surface area contributed by atoms with Crippen LogP contribution in [-0.2, 0) is 6.54 Å². The molecule has 0 saturated carbocycles. The molecule has 2 nitrogen and oxygen atoms in total. The minimum atomic E-state index is 0.888. The third-order valence-corrected chi connectivity index (χ3v) is 2.96. The minimum absolute atomic E-state index is 0.888. The quantitative estimate of drug-likeness (QED) is 0.579. The maximum Gasteiger partial charge on any atom is 0.175 e. The smallest absolute Gasteiger partial charge is 0.175 e. The van der Waals surface area contributed by atoms with E-state index >= 15 is 0 Å². The lowest BCUT2D eigenvalue weighted by Gasteiger charge is -2.35. The molecule has 0 radical (unpaired) electrons. The van der Waals surface area contributed by atoms with Gasteiger partial charge in [-0.25, -0.2) is 0 Å². The highest BCUT2D eigenvalue weighted by Gasteiger charge is 2.20. The monoisotopic (exact) mass is 192 g/mol. The lowest BCUT2D eigenvalue weighted by atomic mass is 10.1. The first-order valence-electron chi connectivity index (χ1n) is 4.27. The molecule has 1 aromatic carbocycles. The average molecular weight is 192 g/mol. The number of hydrogen-bond donors (Lipinski definition) is 0. The summed E-state index contributed by atoms with van der Waals surface area (Å²) in [6, 6.07) is 8.36. The van der Waals surface area contributed by atoms with Crippen molar-refractivity contribution >= 4 is 23.0 Å². The Kier molecular flexibility index (Phi) is 1.96. The number of anilines is 1. The van der Waals surface area contributed by atoms with Gasteiger partial charge in [-0.3, -0.25) is 0 Å². The molecule has 0 fully saturated rings. The van der Waals surface area contributed by atoms with Gasteiger partial charge in [-0.2, -0.15) is 0 Å². The molecule has 0 saturated heterocycles. The first-order chi connectivity index (χ1) is 6.20. The van der Waals surface area contributed by atoms with Crippen LogP contribution in [0.1, 0.15) is 5.56 Å². The topological polar surface area (TPSA) is 6.48 Å². The zero-order chi connectivity index (χ0) is 9.42. The van der Waals surface area contributed by atoms with Gasteiger partial charge >= 0.3 is 0 Å². The van der Waals surface area contributed by atoms with Crippen molar-refractivity contribution < 1.29 is 0 Å². The minimum Gasteiger partial charge on any atom is -0.348 e. The van der Waals surface area contributed by atoms with Crippen molar-refractivity contribution in [2.24, 2.45) is 0 Å². The van der Waals surface area contributed by atoms with Crippen LogP contribution < -0.4 is 4.90 Å². The third kappa shape index (κ3) is 1.29. The van der Waals surface area contributed by atoms with E-state index in [-0.39, 0.29) is 0 Å². The van der Waals surface area contributed by atoms with Crippen molar-refractivity contribution in [3.05, 3.63) is 29.8 Å². The van der Waals surface area contributed by atoms with E-state index in [2.05, 4.69) is 23.1 Å². The van der Waals surface area contributed by atoms with Gasteiger partial charge in [0.05, 0.1) is 0 Å². The van der Waals surface area contributed by atoms with Crippen molar-refractivity contribution in [3.63, 3.8) is 0 Å². The second kappa shape index (κ2) is 3.00. The average Bonchev–Trinajstić information content (AvgIpc) is 2.15. The van der Waals surface area contributed by atoms with Gasteiger partial charge in [-0.15, -0.1) is 0 Å². The Bertz CT molecular complexity index is 349. The highest BCUT2D eigenvalue weighted by molar-refractivity contribution is 7.80. The van der Waals surface area contributed by atoms with Crippen molar-refractivity contribution in [1.29, 1.82) is 0 Å². The molecule has 1 aliphatic heterocycles. The van der Waals surface area contributed by atoms with Crippen molar-refractivity contribution in [1.82, 2.24) is 4.90 Å². The molecule has 13 heavy (non-hydrogen) atoms. The highest BCUT2D eigenvalue weighted by Crippen LogP contribution is 2.25. The number of benzene rings is 1. The van der Waals surface area contributed by atoms with E-state index in [4.69, 9.17) is 12.2 Å². The summed E-state index contributed by atoms with van der Waals surface area (Å²) in [5.74, 6) is 0. The predicted octanol–water partition coefficient (Wildman–Crippen LogP) is 1.85. The maximum absolute atomic E-state index is 5.28. The Morgan fingerprint density at radius 1 is 1.23 bits per heavy atom. The summed E-state index contributed by atoms with van der Waals surface area (Å²) in [6.45, 7) is 0.916.